The number of nitrogens with zero attached hydrogens (tertiary/aromatic N) is 1. The molecule has 0 amide bonds. The van der Waals surface area contributed by atoms with Gasteiger partial charge in [-0.05, 0) is 34.9 Å². The number of hydrogen-bond acceptors (Lipinski definition) is 5. The van der Waals surface area contributed by atoms with E-state index in [-0.39, 0.29) is 31.3 Å². The highest BCUT2D eigenvalue weighted by Crippen LogP contribution is 2.34. The molecule has 1 heterocycles. The fraction of sp³-hybridized carbons (Fsp3) is 0.179. The Morgan fingerprint density at radius 3 is 1.95 bits per heavy atom. The van der Waals surface area contributed by atoms with E-state index in [9.17, 15) is 13.2 Å². The van der Waals surface area contributed by atoms with Gasteiger partial charge < -0.3 is 19.9 Å². The molecule has 9 heteroatoms. The molecule has 0 saturated heterocycles. The third kappa shape index (κ3) is 8.13. The first-order valence-corrected chi connectivity index (χ1v) is 11.3. The zero-order chi connectivity index (χ0) is 25.4. The van der Waals surface area contributed by atoms with Crippen LogP contribution in [0.5, 0.6) is 17.5 Å². The lowest BCUT2D eigenvalue weighted by atomic mass is 10.0. The van der Waals surface area contributed by atoms with Crippen LogP contribution in [-0.2, 0) is 19.8 Å². The van der Waals surface area contributed by atoms with E-state index < -0.39 is 12.8 Å². The highest BCUT2D eigenvalue weighted by Gasteiger charge is 2.28. The lowest BCUT2D eigenvalue weighted by molar-refractivity contribution is -0.153. The first-order chi connectivity index (χ1) is 17.4. The Labute approximate surface area is 219 Å². The van der Waals surface area contributed by atoms with Crippen LogP contribution in [0.2, 0.25) is 0 Å². The SMILES string of the molecule is Cl.NCc1cc(-c2ccc(OCc3ccccc3)nc2OCc2ccccc2)ccc1OCC(F)(F)F. The quantitative estimate of drug-likeness (QED) is 0.246. The summed E-state index contributed by atoms with van der Waals surface area (Å²) in [5, 5.41) is 0. The summed E-state index contributed by atoms with van der Waals surface area (Å²) in [4.78, 5) is 4.57. The molecule has 1 aromatic heterocycles. The molecule has 3 aromatic carbocycles. The Morgan fingerprint density at radius 1 is 0.730 bits per heavy atom. The summed E-state index contributed by atoms with van der Waals surface area (Å²) in [6, 6.07) is 27.7. The summed E-state index contributed by atoms with van der Waals surface area (Å²) in [6.45, 7) is -0.764. The zero-order valence-corrected chi connectivity index (χ0v) is 20.6. The van der Waals surface area contributed by atoms with E-state index in [2.05, 4.69) is 4.98 Å². The van der Waals surface area contributed by atoms with E-state index in [1.807, 2.05) is 60.7 Å². The number of hydrogen-bond donors (Lipinski definition) is 1. The largest absolute Gasteiger partial charge is 0.484 e. The Balaban J connectivity index is 0.00000380. The average molecular weight is 531 g/mol. The average Bonchev–Trinajstić information content (AvgIpc) is 2.90. The van der Waals surface area contributed by atoms with Gasteiger partial charge in [0.05, 0.1) is 0 Å². The number of nitrogens with two attached hydrogens (primary N) is 1. The van der Waals surface area contributed by atoms with Crippen molar-refractivity contribution in [1.29, 1.82) is 0 Å². The molecule has 0 spiro atoms. The fourth-order valence-corrected chi connectivity index (χ4v) is 3.50. The molecule has 0 radical (unpaired) electrons. The predicted octanol–water partition coefficient (Wildman–Crippen LogP) is 6.73. The number of alkyl halides is 3. The number of rotatable bonds is 10. The minimum atomic E-state index is -4.44. The standard InChI is InChI=1S/C28H25F3N2O3.ClH/c29-28(30,31)19-36-25-13-11-22(15-23(25)16-32)24-12-14-26(34-17-20-7-3-1-4-8-20)33-27(24)35-18-21-9-5-2-6-10-21;/h1-15H,16-19,32H2;1H. The smallest absolute Gasteiger partial charge is 0.422 e. The number of pyridine rings is 1. The van der Waals surface area contributed by atoms with Crippen LogP contribution in [0.15, 0.2) is 91.0 Å². The summed E-state index contributed by atoms with van der Waals surface area (Å²) in [7, 11) is 0. The second kappa shape index (κ2) is 13.0. The zero-order valence-electron chi connectivity index (χ0n) is 19.8. The second-order valence-electron chi connectivity index (χ2n) is 7.98. The van der Waals surface area contributed by atoms with Crippen LogP contribution < -0.4 is 19.9 Å². The number of halogens is 4. The van der Waals surface area contributed by atoms with Crippen LogP contribution in [0.25, 0.3) is 11.1 Å². The van der Waals surface area contributed by atoms with E-state index in [4.69, 9.17) is 19.9 Å². The van der Waals surface area contributed by atoms with Gasteiger partial charge in [-0.3, -0.25) is 0 Å². The van der Waals surface area contributed by atoms with Gasteiger partial charge in [0.2, 0.25) is 11.8 Å². The number of ether oxygens (including phenoxy) is 3. The van der Waals surface area contributed by atoms with E-state index in [1.165, 1.54) is 6.07 Å². The Kier molecular flexibility index (Phi) is 9.77. The van der Waals surface area contributed by atoms with Gasteiger partial charge in [0, 0.05) is 23.7 Å². The van der Waals surface area contributed by atoms with Gasteiger partial charge in [0.25, 0.3) is 0 Å². The van der Waals surface area contributed by atoms with Crippen molar-refractivity contribution in [2.75, 3.05) is 6.61 Å². The molecule has 0 atom stereocenters. The first kappa shape index (κ1) is 27.8. The molecule has 0 unspecified atom stereocenters. The fourth-order valence-electron chi connectivity index (χ4n) is 3.50. The Hall–Kier alpha value is -3.75. The van der Waals surface area contributed by atoms with E-state index >= 15 is 0 Å². The molecule has 4 rings (SSSR count). The van der Waals surface area contributed by atoms with Crippen LogP contribution in [-0.4, -0.2) is 17.8 Å². The molecule has 0 saturated carbocycles. The highest BCUT2D eigenvalue weighted by atomic mass is 35.5. The molecule has 4 aromatic rings. The molecule has 0 aliphatic heterocycles. The maximum Gasteiger partial charge on any atom is 0.422 e. The van der Waals surface area contributed by atoms with E-state index in [1.54, 1.807) is 24.3 Å². The molecule has 2 N–H and O–H groups in total. The highest BCUT2D eigenvalue weighted by molar-refractivity contribution is 5.85. The van der Waals surface area contributed by atoms with Gasteiger partial charge in [-0.15, -0.1) is 12.4 Å². The van der Waals surface area contributed by atoms with Crippen molar-refractivity contribution in [2.24, 2.45) is 5.73 Å². The van der Waals surface area contributed by atoms with Crippen LogP contribution in [0.1, 0.15) is 16.7 Å². The van der Waals surface area contributed by atoms with Gasteiger partial charge >= 0.3 is 6.18 Å². The first-order valence-electron chi connectivity index (χ1n) is 11.3. The summed E-state index contributed by atoms with van der Waals surface area (Å²) in [6.07, 6.45) is -4.44. The topological polar surface area (TPSA) is 66.6 Å². The molecule has 0 aliphatic carbocycles. The maximum atomic E-state index is 12.6. The Bertz CT molecular complexity index is 1270. The summed E-state index contributed by atoms with van der Waals surface area (Å²) < 4.78 is 54.7. The van der Waals surface area contributed by atoms with Gasteiger partial charge in [0.15, 0.2) is 6.61 Å². The van der Waals surface area contributed by atoms with Crippen molar-refractivity contribution in [3.05, 3.63) is 108 Å². The third-order valence-corrected chi connectivity index (χ3v) is 5.27. The molecule has 0 aliphatic rings. The second-order valence-corrected chi connectivity index (χ2v) is 7.98. The third-order valence-electron chi connectivity index (χ3n) is 5.27. The predicted molar refractivity (Wildman–Crippen MR) is 138 cm³/mol. The van der Waals surface area contributed by atoms with E-state index in [0.717, 1.165) is 11.1 Å². The molecule has 0 bridgehead atoms. The monoisotopic (exact) mass is 530 g/mol. The summed E-state index contributed by atoms with van der Waals surface area (Å²) in [5.41, 5.74) is 9.52. The Morgan fingerprint density at radius 2 is 1.35 bits per heavy atom. The maximum absolute atomic E-state index is 12.6. The van der Waals surface area contributed by atoms with Crippen molar-refractivity contribution in [1.82, 2.24) is 4.98 Å². The minimum absolute atomic E-state index is 0. The summed E-state index contributed by atoms with van der Waals surface area (Å²) >= 11 is 0. The number of benzene rings is 3. The molecule has 194 valence electrons. The van der Waals surface area contributed by atoms with Crippen molar-refractivity contribution in [3.8, 4) is 28.6 Å². The molecule has 5 nitrogen and oxygen atoms in total. The molecular weight excluding hydrogens is 505 g/mol. The molecular formula is C28H26ClF3N2O3. The minimum Gasteiger partial charge on any atom is -0.484 e. The van der Waals surface area contributed by atoms with Crippen molar-refractivity contribution < 1.29 is 27.4 Å². The van der Waals surface area contributed by atoms with Crippen LogP contribution in [0.3, 0.4) is 0 Å². The van der Waals surface area contributed by atoms with Crippen LogP contribution in [0.4, 0.5) is 13.2 Å². The van der Waals surface area contributed by atoms with Gasteiger partial charge in [-0.25, -0.2) is 0 Å². The molecule has 0 fully saturated rings. The van der Waals surface area contributed by atoms with Crippen molar-refractivity contribution in [2.45, 2.75) is 25.9 Å². The van der Waals surface area contributed by atoms with Crippen LogP contribution >= 0.6 is 12.4 Å². The van der Waals surface area contributed by atoms with Gasteiger partial charge in [-0.1, -0.05) is 66.7 Å². The number of aromatic nitrogens is 1. The van der Waals surface area contributed by atoms with Crippen molar-refractivity contribution in [3.63, 3.8) is 0 Å². The summed E-state index contributed by atoms with van der Waals surface area (Å²) in [5.74, 6) is 0.798. The van der Waals surface area contributed by atoms with Gasteiger partial charge in [-0.2, -0.15) is 18.2 Å². The molecule has 37 heavy (non-hydrogen) atoms. The van der Waals surface area contributed by atoms with E-state index in [0.29, 0.717) is 35.1 Å². The van der Waals surface area contributed by atoms with Crippen molar-refractivity contribution >= 4 is 12.4 Å². The van der Waals surface area contributed by atoms with Crippen LogP contribution in [0, 0.1) is 0 Å². The van der Waals surface area contributed by atoms with Gasteiger partial charge in [0.1, 0.15) is 19.0 Å². The lowest BCUT2D eigenvalue weighted by Gasteiger charge is -2.16. The lowest BCUT2D eigenvalue weighted by Crippen LogP contribution is -2.20. The normalized spacial score (nSPS) is 10.9.